The quantitative estimate of drug-likeness (QED) is 0.828. The molecule has 0 heterocycles. The number of benzene rings is 1. The number of rotatable bonds is 2. The highest BCUT2D eigenvalue weighted by atomic mass is 79.9. The molecule has 1 rings (SSSR count). The summed E-state index contributed by atoms with van der Waals surface area (Å²) in [5, 5.41) is 9.42. The molecule has 0 aliphatic carbocycles. The van der Waals surface area contributed by atoms with Gasteiger partial charge < -0.3 is 5.11 Å². The molecule has 1 aromatic carbocycles. The molecule has 0 spiro atoms. The van der Waals surface area contributed by atoms with Gasteiger partial charge in [-0.1, -0.05) is 37.9 Å². The molecular weight excluding hydrogens is 284 g/mol. The van der Waals surface area contributed by atoms with Gasteiger partial charge in [-0.3, -0.25) is 0 Å². The predicted octanol–water partition coefficient (Wildman–Crippen LogP) is 3.43. The number of hydrogen-bond donors (Lipinski definition) is 1. The zero-order valence-electron chi connectivity index (χ0n) is 6.30. The molecule has 0 radical (unpaired) electrons. The van der Waals surface area contributed by atoms with E-state index in [0.717, 1.165) is 14.5 Å². The highest BCUT2D eigenvalue weighted by Crippen LogP contribution is 2.24. The van der Waals surface area contributed by atoms with Crippen molar-refractivity contribution in [2.45, 2.75) is 6.10 Å². The van der Waals surface area contributed by atoms with Gasteiger partial charge in [-0.25, -0.2) is 0 Å². The van der Waals surface area contributed by atoms with Gasteiger partial charge in [0, 0.05) is 8.95 Å². The fourth-order valence-corrected chi connectivity index (χ4v) is 2.21. The summed E-state index contributed by atoms with van der Waals surface area (Å²) in [5.74, 6) is 0. The monoisotopic (exact) mass is 290 g/mol. The molecule has 0 saturated carbocycles. The average Bonchev–Trinajstić information content (AvgIpc) is 2.01. The number of aliphatic hydroxyl groups excluding tert-OH is 1. The second-order valence-electron chi connectivity index (χ2n) is 2.38. The minimum atomic E-state index is -0.598. The molecule has 0 saturated heterocycles. The summed E-state index contributed by atoms with van der Waals surface area (Å²) >= 11 is 6.67. The first kappa shape index (κ1) is 9.96. The largest absolute Gasteiger partial charge is 0.384 e. The maximum atomic E-state index is 9.42. The van der Waals surface area contributed by atoms with Crippen LogP contribution in [0, 0.1) is 0 Å². The van der Waals surface area contributed by atoms with Gasteiger partial charge in [-0.05, 0) is 23.8 Å². The molecule has 0 fully saturated rings. The average molecular weight is 292 g/mol. The lowest BCUT2D eigenvalue weighted by Gasteiger charge is -2.06. The van der Waals surface area contributed by atoms with Crippen LogP contribution in [-0.4, -0.2) is 5.11 Å². The van der Waals surface area contributed by atoms with Gasteiger partial charge in [0.1, 0.15) is 0 Å². The molecule has 1 unspecified atom stereocenters. The van der Waals surface area contributed by atoms with Gasteiger partial charge in [0.25, 0.3) is 0 Å². The van der Waals surface area contributed by atoms with Gasteiger partial charge in [0.2, 0.25) is 0 Å². The third-order valence-corrected chi connectivity index (χ3v) is 2.37. The fraction of sp³-hybridized carbons (Fsp3) is 0.111. The van der Waals surface area contributed by atoms with E-state index in [1.165, 1.54) is 6.08 Å². The zero-order valence-corrected chi connectivity index (χ0v) is 9.47. The molecular formula is C9H8Br2O. The van der Waals surface area contributed by atoms with Crippen molar-refractivity contribution in [2.75, 3.05) is 0 Å². The first-order chi connectivity index (χ1) is 5.63. The van der Waals surface area contributed by atoms with Gasteiger partial charge in [0.15, 0.2) is 0 Å². The molecule has 64 valence electrons. The normalized spacial score (nSPS) is 12.6. The molecule has 1 atom stereocenters. The van der Waals surface area contributed by atoms with E-state index in [4.69, 9.17) is 0 Å². The Labute approximate surface area is 88.4 Å². The summed E-state index contributed by atoms with van der Waals surface area (Å²) in [7, 11) is 0. The van der Waals surface area contributed by atoms with E-state index >= 15 is 0 Å². The number of halogens is 2. The fourth-order valence-electron chi connectivity index (χ4n) is 0.882. The van der Waals surface area contributed by atoms with E-state index in [0.29, 0.717) is 0 Å². The lowest BCUT2D eigenvalue weighted by molar-refractivity contribution is 0.229. The van der Waals surface area contributed by atoms with Gasteiger partial charge in [-0.2, -0.15) is 0 Å². The zero-order chi connectivity index (χ0) is 9.14. The van der Waals surface area contributed by atoms with Crippen LogP contribution in [0.3, 0.4) is 0 Å². The first-order valence-corrected chi connectivity index (χ1v) is 4.98. The van der Waals surface area contributed by atoms with Crippen molar-refractivity contribution in [3.05, 3.63) is 45.4 Å². The maximum Gasteiger partial charge on any atom is 0.0969 e. The van der Waals surface area contributed by atoms with Gasteiger partial charge in [-0.15, -0.1) is 6.58 Å². The molecule has 12 heavy (non-hydrogen) atoms. The minimum Gasteiger partial charge on any atom is -0.384 e. The summed E-state index contributed by atoms with van der Waals surface area (Å²) in [5.41, 5.74) is 0.825. The SMILES string of the molecule is C=CC(O)c1cc(Br)cc(Br)c1. The molecule has 0 aliphatic heterocycles. The van der Waals surface area contributed by atoms with Crippen LogP contribution in [0.15, 0.2) is 39.8 Å². The van der Waals surface area contributed by atoms with E-state index in [9.17, 15) is 5.11 Å². The molecule has 0 aliphatic rings. The van der Waals surface area contributed by atoms with E-state index in [1.54, 1.807) is 0 Å². The number of hydrogen-bond acceptors (Lipinski definition) is 1. The van der Waals surface area contributed by atoms with Crippen molar-refractivity contribution in [3.63, 3.8) is 0 Å². The molecule has 0 amide bonds. The van der Waals surface area contributed by atoms with Crippen LogP contribution in [0.1, 0.15) is 11.7 Å². The molecule has 0 bridgehead atoms. The van der Waals surface area contributed by atoms with E-state index in [-0.39, 0.29) is 0 Å². The maximum absolute atomic E-state index is 9.42. The minimum absolute atomic E-state index is 0.598. The lowest BCUT2D eigenvalue weighted by atomic mass is 10.1. The van der Waals surface area contributed by atoms with Crippen LogP contribution in [0.25, 0.3) is 0 Å². The summed E-state index contributed by atoms with van der Waals surface area (Å²) in [6.45, 7) is 3.52. The lowest BCUT2D eigenvalue weighted by Crippen LogP contribution is -1.91. The molecule has 0 aromatic heterocycles. The van der Waals surface area contributed by atoms with Crippen LogP contribution < -0.4 is 0 Å². The Balaban J connectivity index is 3.08. The third kappa shape index (κ3) is 2.44. The molecule has 1 aromatic rings. The Morgan fingerprint density at radius 1 is 1.25 bits per heavy atom. The summed E-state index contributed by atoms with van der Waals surface area (Å²) in [6.07, 6.45) is 0.896. The van der Waals surface area contributed by atoms with Crippen molar-refractivity contribution < 1.29 is 5.11 Å². The topological polar surface area (TPSA) is 20.2 Å². The van der Waals surface area contributed by atoms with Crippen LogP contribution in [0.2, 0.25) is 0 Å². The van der Waals surface area contributed by atoms with Crippen molar-refractivity contribution in [2.24, 2.45) is 0 Å². The third-order valence-electron chi connectivity index (χ3n) is 1.45. The Morgan fingerprint density at radius 3 is 2.17 bits per heavy atom. The van der Waals surface area contributed by atoms with Crippen LogP contribution in [0.5, 0.6) is 0 Å². The first-order valence-electron chi connectivity index (χ1n) is 3.40. The van der Waals surface area contributed by atoms with E-state index in [2.05, 4.69) is 38.4 Å². The second kappa shape index (κ2) is 4.21. The Kier molecular flexibility index (Phi) is 3.50. The molecule has 1 N–H and O–H groups in total. The van der Waals surface area contributed by atoms with Gasteiger partial charge >= 0.3 is 0 Å². The standard InChI is InChI=1S/C9H8Br2O/c1-2-9(12)6-3-7(10)5-8(11)4-6/h2-5,9,12H,1H2. The van der Waals surface area contributed by atoms with Crippen molar-refractivity contribution in [1.82, 2.24) is 0 Å². The Morgan fingerprint density at radius 2 is 1.75 bits per heavy atom. The summed E-state index contributed by atoms with van der Waals surface area (Å²) < 4.78 is 1.88. The van der Waals surface area contributed by atoms with Gasteiger partial charge in [0.05, 0.1) is 6.10 Å². The van der Waals surface area contributed by atoms with Crippen molar-refractivity contribution in [3.8, 4) is 0 Å². The van der Waals surface area contributed by atoms with Crippen LogP contribution in [-0.2, 0) is 0 Å². The Bertz CT molecular complexity index is 276. The summed E-state index contributed by atoms with van der Waals surface area (Å²) in [4.78, 5) is 0. The van der Waals surface area contributed by atoms with Crippen LogP contribution >= 0.6 is 31.9 Å². The highest BCUT2D eigenvalue weighted by molar-refractivity contribution is 9.11. The van der Waals surface area contributed by atoms with E-state index < -0.39 is 6.10 Å². The molecule has 3 heteroatoms. The second-order valence-corrected chi connectivity index (χ2v) is 4.21. The Hall–Kier alpha value is -0.120. The highest BCUT2D eigenvalue weighted by Gasteiger charge is 2.03. The van der Waals surface area contributed by atoms with Crippen molar-refractivity contribution in [1.29, 1.82) is 0 Å². The van der Waals surface area contributed by atoms with Crippen LogP contribution in [0.4, 0.5) is 0 Å². The number of aliphatic hydroxyl groups is 1. The summed E-state index contributed by atoms with van der Waals surface area (Å²) in [6, 6.07) is 5.63. The van der Waals surface area contributed by atoms with Crippen molar-refractivity contribution >= 4 is 31.9 Å². The molecule has 1 nitrogen and oxygen atoms in total. The van der Waals surface area contributed by atoms with E-state index in [1.807, 2.05) is 18.2 Å². The smallest absolute Gasteiger partial charge is 0.0969 e. The predicted molar refractivity (Wildman–Crippen MR) is 57.0 cm³/mol.